The highest BCUT2D eigenvalue weighted by molar-refractivity contribution is 7.91. The second kappa shape index (κ2) is 5.33. The fraction of sp³-hybridized carbons (Fsp3) is 0.533. The average molecular weight is 308 g/mol. The summed E-state index contributed by atoms with van der Waals surface area (Å²) in [5, 5.41) is 2.52. The van der Waals surface area contributed by atoms with Crippen molar-refractivity contribution < 1.29 is 13.2 Å². The summed E-state index contributed by atoms with van der Waals surface area (Å²) in [6, 6.07) is 8.12. The van der Waals surface area contributed by atoms with Gasteiger partial charge >= 0.3 is 6.03 Å². The lowest BCUT2D eigenvalue weighted by Crippen LogP contribution is -2.42. The molecule has 1 saturated heterocycles. The van der Waals surface area contributed by atoms with Gasteiger partial charge in [-0.05, 0) is 24.0 Å². The number of nitrogens with one attached hydrogen (secondary N) is 1. The molecule has 1 aromatic rings. The van der Waals surface area contributed by atoms with Crippen LogP contribution in [0.25, 0.3) is 0 Å². The van der Waals surface area contributed by atoms with Gasteiger partial charge in [0.2, 0.25) is 0 Å². The molecule has 3 rings (SSSR count). The highest BCUT2D eigenvalue weighted by Gasteiger charge is 2.33. The average Bonchev–Trinajstić information content (AvgIpc) is 2.89. The number of fused-ring (bicyclic) bond motifs is 1. The second-order valence-corrected chi connectivity index (χ2v) is 8.30. The van der Waals surface area contributed by atoms with Crippen LogP contribution in [0.3, 0.4) is 0 Å². The number of benzene rings is 1. The molecular formula is C15H20N2O3S. The number of urea groups is 1. The van der Waals surface area contributed by atoms with Gasteiger partial charge in [-0.2, -0.15) is 0 Å². The first-order chi connectivity index (χ1) is 9.95. The molecule has 21 heavy (non-hydrogen) atoms. The quantitative estimate of drug-likeness (QED) is 0.911. The molecular weight excluding hydrogens is 288 g/mol. The summed E-state index contributed by atoms with van der Waals surface area (Å²) in [6.07, 6.45) is 2.78. The highest BCUT2D eigenvalue weighted by Crippen LogP contribution is 2.34. The van der Waals surface area contributed by atoms with E-state index in [9.17, 15) is 13.2 Å². The molecule has 0 radical (unpaired) electrons. The summed E-state index contributed by atoms with van der Waals surface area (Å²) < 4.78 is 23.0. The van der Waals surface area contributed by atoms with Crippen LogP contribution < -0.4 is 5.32 Å². The lowest BCUT2D eigenvalue weighted by atomic mass is 9.78. The summed E-state index contributed by atoms with van der Waals surface area (Å²) in [4.78, 5) is 13.7. The van der Waals surface area contributed by atoms with Crippen molar-refractivity contribution in [3.05, 3.63) is 35.4 Å². The van der Waals surface area contributed by atoms with Gasteiger partial charge in [0.15, 0.2) is 9.84 Å². The predicted octanol–water partition coefficient (Wildman–Crippen LogP) is 1.15. The third-order valence-corrected chi connectivity index (χ3v) is 6.09. The van der Waals surface area contributed by atoms with Crippen molar-refractivity contribution in [2.24, 2.45) is 0 Å². The maximum Gasteiger partial charge on any atom is 0.317 e. The zero-order valence-electron chi connectivity index (χ0n) is 12.1. The lowest BCUT2D eigenvalue weighted by molar-refractivity contribution is 0.208. The normalized spacial score (nSPS) is 24.3. The molecule has 5 nitrogen and oxygen atoms in total. The molecule has 2 amide bonds. The summed E-state index contributed by atoms with van der Waals surface area (Å²) in [5.41, 5.74) is 2.67. The van der Waals surface area contributed by atoms with Gasteiger partial charge in [0.25, 0.3) is 0 Å². The molecule has 6 heteroatoms. The summed E-state index contributed by atoms with van der Waals surface area (Å²) in [5.74, 6) is 0.387. The van der Waals surface area contributed by atoms with Gasteiger partial charge in [-0.1, -0.05) is 24.3 Å². The maximum atomic E-state index is 12.1. The van der Waals surface area contributed by atoms with E-state index in [-0.39, 0.29) is 6.03 Å². The van der Waals surface area contributed by atoms with Gasteiger partial charge in [-0.3, -0.25) is 0 Å². The zero-order valence-corrected chi connectivity index (χ0v) is 12.9. The van der Waals surface area contributed by atoms with Crippen LogP contribution in [-0.4, -0.2) is 50.5 Å². The van der Waals surface area contributed by atoms with E-state index in [1.807, 2.05) is 12.1 Å². The maximum absolute atomic E-state index is 12.1. The van der Waals surface area contributed by atoms with Crippen molar-refractivity contribution in [3.63, 3.8) is 0 Å². The zero-order chi connectivity index (χ0) is 15.0. The molecule has 0 spiro atoms. The van der Waals surface area contributed by atoms with Crippen molar-refractivity contribution >= 4 is 15.9 Å². The highest BCUT2D eigenvalue weighted by atomic mass is 32.2. The van der Waals surface area contributed by atoms with Crippen LogP contribution in [0.15, 0.2) is 24.3 Å². The molecule has 0 bridgehead atoms. The summed E-state index contributed by atoms with van der Waals surface area (Å²) in [6.45, 7) is 1.45. The molecule has 1 aliphatic carbocycles. The number of carbonyl (C=O) groups excluding carboxylic acids is 1. The molecule has 0 saturated carbocycles. The monoisotopic (exact) mass is 308 g/mol. The molecule has 1 heterocycles. The molecule has 114 valence electrons. The fourth-order valence-corrected chi connectivity index (χ4v) is 4.11. The van der Waals surface area contributed by atoms with Gasteiger partial charge in [-0.15, -0.1) is 0 Å². The van der Waals surface area contributed by atoms with E-state index in [1.54, 1.807) is 4.90 Å². The van der Waals surface area contributed by atoms with Crippen molar-refractivity contribution in [3.8, 4) is 0 Å². The Labute approximate surface area is 125 Å². The third kappa shape index (κ3) is 2.90. The van der Waals surface area contributed by atoms with Crippen LogP contribution in [0.1, 0.15) is 23.5 Å². The van der Waals surface area contributed by atoms with Gasteiger partial charge in [0.1, 0.15) is 0 Å². The molecule has 1 aliphatic heterocycles. The Bertz CT molecular complexity index is 657. The first-order valence-electron chi connectivity index (χ1n) is 7.24. The predicted molar refractivity (Wildman–Crippen MR) is 81.1 cm³/mol. The molecule has 0 aromatic heterocycles. The Kier molecular flexibility index (Phi) is 3.65. The molecule has 1 N–H and O–H groups in total. The van der Waals surface area contributed by atoms with Crippen LogP contribution in [-0.2, 0) is 16.3 Å². The topological polar surface area (TPSA) is 66.5 Å². The van der Waals surface area contributed by atoms with Crippen LogP contribution >= 0.6 is 0 Å². The van der Waals surface area contributed by atoms with Crippen LogP contribution in [0.2, 0.25) is 0 Å². The lowest BCUT2D eigenvalue weighted by Gasteiger charge is -2.30. The number of sulfone groups is 1. The number of rotatable bonds is 3. The van der Waals surface area contributed by atoms with Crippen LogP contribution in [0.5, 0.6) is 0 Å². The number of hydrogen-bond donors (Lipinski definition) is 1. The minimum absolute atomic E-state index is 0.148. The van der Waals surface area contributed by atoms with Gasteiger partial charge < -0.3 is 10.2 Å². The van der Waals surface area contributed by atoms with Crippen molar-refractivity contribution in [1.82, 2.24) is 10.2 Å². The minimum atomic E-state index is -3.06. The number of amides is 2. The van der Waals surface area contributed by atoms with Gasteiger partial charge in [0, 0.05) is 31.8 Å². The molecule has 0 unspecified atom stereocenters. The SMILES string of the molecule is CS(=O)(=O)[C@@H]1CCN(C(=O)NC[C@H]2Cc3ccccc32)C1. The fourth-order valence-electron chi connectivity index (χ4n) is 3.13. The Hall–Kier alpha value is -1.56. The Morgan fingerprint density at radius 2 is 2.14 bits per heavy atom. The largest absolute Gasteiger partial charge is 0.337 e. The number of nitrogens with zero attached hydrogens (tertiary/aromatic N) is 1. The van der Waals surface area contributed by atoms with E-state index in [0.717, 1.165) is 6.42 Å². The van der Waals surface area contributed by atoms with E-state index in [1.165, 1.54) is 17.4 Å². The first kappa shape index (κ1) is 14.4. The second-order valence-electron chi connectivity index (χ2n) is 5.97. The van der Waals surface area contributed by atoms with Gasteiger partial charge in [-0.25, -0.2) is 13.2 Å². The third-order valence-electron chi connectivity index (χ3n) is 4.50. The Morgan fingerprint density at radius 3 is 2.81 bits per heavy atom. The standard InChI is InChI=1S/C15H20N2O3S/c1-21(19,20)13-6-7-17(10-13)15(18)16-9-12-8-11-4-2-3-5-14(11)12/h2-5,12-13H,6-10H2,1H3,(H,16,18)/t12-,13-/m1/s1. The Balaban J connectivity index is 1.50. The molecule has 1 aromatic carbocycles. The Morgan fingerprint density at radius 1 is 1.38 bits per heavy atom. The van der Waals surface area contributed by atoms with E-state index in [4.69, 9.17) is 0 Å². The molecule has 1 fully saturated rings. The van der Waals surface area contributed by atoms with Crippen molar-refractivity contribution in [2.75, 3.05) is 25.9 Å². The number of hydrogen-bond acceptors (Lipinski definition) is 3. The van der Waals surface area contributed by atoms with E-state index >= 15 is 0 Å². The van der Waals surface area contributed by atoms with Gasteiger partial charge in [0.05, 0.1) is 5.25 Å². The summed E-state index contributed by atoms with van der Waals surface area (Å²) in [7, 11) is -3.06. The molecule has 2 atom stereocenters. The van der Waals surface area contributed by atoms with Crippen molar-refractivity contribution in [2.45, 2.75) is 24.0 Å². The van der Waals surface area contributed by atoms with E-state index in [0.29, 0.717) is 32.0 Å². The van der Waals surface area contributed by atoms with E-state index < -0.39 is 15.1 Å². The number of carbonyl (C=O) groups is 1. The van der Waals surface area contributed by atoms with Crippen LogP contribution in [0, 0.1) is 0 Å². The smallest absolute Gasteiger partial charge is 0.317 e. The minimum Gasteiger partial charge on any atom is -0.337 e. The number of likely N-dealkylation sites (tertiary alicyclic amines) is 1. The van der Waals surface area contributed by atoms with Crippen molar-refractivity contribution in [1.29, 1.82) is 0 Å². The summed E-state index contributed by atoms with van der Waals surface area (Å²) >= 11 is 0. The molecule has 2 aliphatic rings. The first-order valence-corrected chi connectivity index (χ1v) is 9.20. The van der Waals surface area contributed by atoms with Crippen LogP contribution in [0.4, 0.5) is 4.79 Å². The van der Waals surface area contributed by atoms with E-state index in [2.05, 4.69) is 17.4 Å².